The average molecular weight is 305 g/mol. The summed E-state index contributed by atoms with van der Waals surface area (Å²) in [5.74, 6) is -0.223. The number of halogens is 1. The molecule has 92 valence electrons. The van der Waals surface area contributed by atoms with Crippen LogP contribution in [0.4, 0.5) is 5.69 Å². The second-order valence-corrected chi connectivity index (χ2v) is 4.80. The highest BCUT2D eigenvalue weighted by molar-refractivity contribution is 9.10. The van der Waals surface area contributed by atoms with E-state index in [1.807, 2.05) is 54.6 Å². The molecule has 18 heavy (non-hydrogen) atoms. The summed E-state index contributed by atoms with van der Waals surface area (Å²) < 4.78 is 0.911. The van der Waals surface area contributed by atoms with E-state index >= 15 is 0 Å². The Kier molecular flexibility index (Phi) is 4.12. The molecule has 0 aliphatic rings. The first-order valence-corrected chi connectivity index (χ1v) is 6.33. The van der Waals surface area contributed by atoms with Crippen LogP contribution in [0.25, 0.3) is 0 Å². The highest BCUT2D eigenvalue weighted by atomic mass is 79.9. The Morgan fingerprint density at radius 3 is 2.50 bits per heavy atom. The second kappa shape index (κ2) is 5.80. The van der Waals surface area contributed by atoms with Crippen LogP contribution >= 0.6 is 15.9 Å². The van der Waals surface area contributed by atoms with Crippen molar-refractivity contribution in [3.63, 3.8) is 0 Å². The Hall–Kier alpha value is -1.65. The molecule has 0 aliphatic carbocycles. The van der Waals surface area contributed by atoms with Gasteiger partial charge in [-0.1, -0.05) is 52.3 Å². The lowest BCUT2D eigenvalue weighted by molar-refractivity contribution is -0.117. The van der Waals surface area contributed by atoms with Crippen molar-refractivity contribution in [1.29, 1.82) is 0 Å². The van der Waals surface area contributed by atoms with Crippen LogP contribution in [-0.2, 0) is 4.79 Å². The van der Waals surface area contributed by atoms with Gasteiger partial charge in [0.2, 0.25) is 5.91 Å². The second-order valence-electron chi connectivity index (χ2n) is 3.89. The summed E-state index contributed by atoms with van der Waals surface area (Å²) in [6.07, 6.45) is 0. The van der Waals surface area contributed by atoms with E-state index < -0.39 is 6.04 Å². The largest absolute Gasteiger partial charge is 0.324 e. The van der Waals surface area contributed by atoms with E-state index in [-0.39, 0.29) is 5.91 Å². The van der Waals surface area contributed by atoms with Crippen LogP contribution in [-0.4, -0.2) is 5.91 Å². The standard InChI is InChI=1S/C14H13BrN2O/c15-11-7-4-8-12(9-11)17-14(18)13(16)10-5-2-1-3-6-10/h1-9,13H,16H2,(H,17,18). The summed E-state index contributed by atoms with van der Waals surface area (Å²) in [6, 6.07) is 16.0. The topological polar surface area (TPSA) is 55.1 Å². The van der Waals surface area contributed by atoms with Gasteiger partial charge in [0, 0.05) is 10.2 Å². The zero-order chi connectivity index (χ0) is 13.0. The molecule has 1 unspecified atom stereocenters. The number of nitrogens with two attached hydrogens (primary N) is 1. The first-order valence-electron chi connectivity index (χ1n) is 5.54. The minimum atomic E-state index is -0.662. The maximum Gasteiger partial charge on any atom is 0.245 e. The number of carbonyl (C=O) groups excluding carboxylic acids is 1. The van der Waals surface area contributed by atoms with E-state index in [4.69, 9.17) is 5.73 Å². The first-order chi connectivity index (χ1) is 8.66. The molecule has 0 aliphatic heterocycles. The molecule has 0 aromatic heterocycles. The summed E-state index contributed by atoms with van der Waals surface area (Å²) in [6.45, 7) is 0. The molecule has 0 bridgehead atoms. The van der Waals surface area contributed by atoms with Crippen LogP contribution < -0.4 is 11.1 Å². The molecule has 0 spiro atoms. The third-order valence-corrected chi connectivity index (χ3v) is 3.03. The quantitative estimate of drug-likeness (QED) is 0.915. The van der Waals surface area contributed by atoms with Gasteiger partial charge in [-0.3, -0.25) is 4.79 Å². The molecule has 2 rings (SSSR count). The molecule has 0 saturated heterocycles. The number of amides is 1. The summed E-state index contributed by atoms with van der Waals surface area (Å²) in [7, 11) is 0. The monoisotopic (exact) mass is 304 g/mol. The number of nitrogens with one attached hydrogen (secondary N) is 1. The highest BCUT2D eigenvalue weighted by Gasteiger charge is 2.15. The fourth-order valence-corrected chi connectivity index (χ4v) is 2.00. The molecule has 3 nitrogen and oxygen atoms in total. The Morgan fingerprint density at radius 1 is 1.11 bits per heavy atom. The molecule has 0 heterocycles. The van der Waals surface area contributed by atoms with E-state index in [1.165, 1.54) is 0 Å². The Labute approximate surface area is 114 Å². The summed E-state index contributed by atoms with van der Waals surface area (Å²) in [4.78, 5) is 12.0. The maximum atomic E-state index is 12.0. The molecular weight excluding hydrogens is 292 g/mol. The fraction of sp³-hybridized carbons (Fsp3) is 0.0714. The van der Waals surface area contributed by atoms with Crippen molar-refractivity contribution < 1.29 is 4.79 Å². The van der Waals surface area contributed by atoms with E-state index in [9.17, 15) is 4.79 Å². The molecule has 4 heteroatoms. The SMILES string of the molecule is NC(C(=O)Nc1cccc(Br)c1)c1ccccc1. The van der Waals surface area contributed by atoms with Crippen molar-refractivity contribution in [3.8, 4) is 0 Å². The smallest absolute Gasteiger partial charge is 0.245 e. The zero-order valence-corrected chi connectivity index (χ0v) is 11.2. The van der Waals surface area contributed by atoms with Crippen molar-refractivity contribution >= 4 is 27.5 Å². The first kappa shape index (κ1) is 12.8. The molecule has 0 radical (unpaired) electrons. The van der Waals surface area contributed by atoms with Crippen molar-refractivity contribution in [1.82, 2.24) is 0 Å². The van der Waals surface area contributed by atoms with Gasteiger partial charge in [-0.05, 0) is 23.8 Å². The van der Waals surface area contributed by atoms with Gasteiger partial charge in [-0.25, -0.2) is 0 Å². The summed E-state index contributed by atoms with van der Waals surface area (Å²) >= 11 is 3.35. The van der Waals surface area contributed by atoms with Crippen molar-refractivity contribution in [2.75, 3.05) is 5.32 Å². The van der Waals surface area contributed by atoms with E-state index in [2.05, 4.69) is 21.2 Å². The Balaban J connectivity index is 2.09. The molecular formula is C14H13BrN2O. The lowest BCUT2D eigenvalue weighted by atomic mass is 10.1. The van der Waals surface area contributed by atoms with Crippen LogP contribution in [0, 0.1) is 0 Å². The number of hydrogen-bond donors (Lipinski definition) is 2. The van der Waals surface area contributed by atoms with Gasteiger partial charge < -0.3 is 11.1 Å². The van der Waals surface area contributed by atoms with Crippen LogP contribution in [0.1, 0.15) is 11.6 Å². The van der Waals surface area contributed by atoms with Gasteiger partial charge in [0.25, 0.3) is 0 Å². The van der Waals surface area contributed by atoms with Crippen molar-refractivity contribution in [3.05, 3.63) is 64.6 Å². The third-order valence-electron chi connectivity index (χ3n) is 2.53. The molecule has 1 atom stereocenters. The number of rotatable bonds is 3. The number of hydrogen-bond acceptors (Lipinski definition) is 2. The number of carbonyl (C=O) groups is 1. The highest BCUT2D eigenvalue weighted by Crippen LogP contribution is 2.17. The lowest BCUT2D eigenvalue weighted by Crippen LogP contribution is -2.27. The maximum absolute atomic E-state index is 12.0. The van der Waals surface area contributed by atoms with Crippen LogP contribution in [0.15, 0.2) is 59.1 Å². The molecule has 0 fully saturated rings. The van der Waals surface area contributed by atoms with Gasteiger partial charge in [0.15, 0.2) is 0 Å². The predicted octanol–water partition coefficient (Wildman–Crippen LogP) is 3.09. The summed E-state index contributed by atoms with van der Waals surface area (Å²) in [5, 5.41) is 2.79. The van der Waals surface area contributed by atoms with E-state index in [1.54, 1.807) is 0 Å². The van der Waals surface area contributed by atoms with Gasteiger partial charge in [-0.2, -0.15) is 0 Å². The van der Waals surface area contributed by atoms with Gasteiger partial charge >= 0.3 is 0 Å². The van der Waals surface area contributed by atoms with Crippen LogP contribution in [0.2, 0.25) is 0 Å². The fourth-order valence-electron chi connectivity index (χ4n) is 1.60. The molecule has 2 aromatic rings. The predicted molar refractivity (Wildman–Crippen MR) is 76.1 cm³/mol. The van der Waals surface area contributed by atoms with E-state index in [0.29, 0.717) is 0 Å². The van der Waals surface area contributed by atoms with Crippen molar-refractivity contribution in [2.24, 2.45) is 5.73 Å². The van der Waals surface area contributed by atoms with Crippen LogP contribution in [0.5, 0.6) is 0 Å². The van der Waals surface area contributed by atoms with Gasteiger partial charge in [-0.15, -0.1) is 0 Å². The third kappa shape index (κ3) is 3.18. The molecule has 1 amide bonds. The number of benzene rings is 2. The van der Waals surface area contributed by atoms with Gasteiger partial charge in [0.05, 0.1) is 0 Å². The number of anilines is 1. The Bertz CT molecular complexity index is 543. The molecule has 0 saturated carbocycles. The normalized spacial score (nSPS) is 11.9. The zero-order valence-electron chi connectivity index (χ0n) is 9.64. The van der Waals surface area contributed by atoms with Crippen LogP contribution in [0.3, 0.4) is 0 Å². The van der Waals surface area contributed by atoms with Crippen molar-refractivity contribution in [2.45, 2.75) is 6.04 Å². The minimum Gasteiger partial charge on any atom is -0.324 e. The van der Waals surface area contributed by atoms with E-state index in [0.717, 1.165) is 15.7 Å². The molecule has 2 aromatic carbocycles. The summed E-state index contributed by atoms with van der Waals surface area (Å²) in [5.41, 5.74) is 7.42. The average Bonchev–Trinajstić information content (AvgIpc) is 2.39. The van der Waals surface area contributed by atoms with Gasteiger partial charge in [0.1, 0.15) is 6.04 Å². The Morgan fingerprint density at radius 2 is 1.83 bits per heavy atom. The lowest BCUT2D eigenvalue weighted by Gasteiger charge is -2.12. The molecule has 3 N–H and O–H groups in total. The minimum absolute atomic E-state index is 0.223.